The van der Waals surface area contributed by atoms with Crippen molar-refractivity contribution in [3.05, 3.63) is 60.2 Å². The van der Waals surface area contributed by atoms with E-state index in [2.05, 4.69) is 0 Å². The molecular weight excluding hydrogens is 248 g/mol. The maximum atomic E-state index is 12.1. The van der Waals surface area contributed by atoms with Crippen molar-refractivity contribution >= 4 is 5.78 Å². The number of hydrogen-bond acceptors (Lipinski definition) is 2. The van der Waals surface area contributed by atoms with E-state index in [1.165, 1.54) is 0 Å². The van der Waals surface area contributed by atoms with Crippen LogP contribution >= 0.6 is 0 Å². The monoisotopic (exact) mass is 266 g/mol. The summed E-state index contributed by atoms with van der Waals surface area (Å²) in [5, 5.41) is 10.7. The molecule has 1 aliphatic rings. The van der Waals surface area contributed by atoms with Gasteiger partial charge in [0.2, 0.25) is 0 Å². The topological polar surface area (TPSA) is 37.3 Å². The second kappa shape index (κ2) is 5.22. The summed E-state index contributed by atoms with van der Waals surface area (Å²) < 4.78 is 0. The zero-order valence-corrected chi connectivity index (χ0v) is 11.4. The summed E-state index contributed by atoms with van der Waals surface area (Å²) in [5.41, 5.74) is 1.57. The Balaban J connectivity index is 2.01. The zero-order valence-electron chi connectivity index (χ0n) is 11.4. The van der Waals surface area contributed by atoms with Crippen molar-refractivity contribution in [3.63, 3.8) is 0 Å². The summed E-state index contributed by atoms with van der Waals surface area (Å²) in [6, 6.07) is 17.7. The molecule has 0 bridgehead atoms. The Kier molecular flexibility index (Phi) is 3.41. The minimum atomic E-state index is -1.29. The Morgan fingerprint density at radius 1 is 0.900 bits per heavy atom. The minimum absolute atomic E-state index is 0.0473. The molecule has 102 valence electrons. The van der Waals surface area contributed by atoms with Crippen molar-refractivity contribution in [3.8, 4) is 11.1 Å². The van der Waals surface area contributed by atoms with E-state index < -0.39 is 5.60 Å². The van der Waals surface area contributed by atoms with Crippen LogP contribution in [0.5, 0.6) is 0 Å². The molecular formula is C18H18O2. The van der Waals surface area contributed by atoms with Crippen molar-refractivity contribution in [2.45, 2.75) is 31.3 Å². The highest BCUT2D eigenvalue weighted by molar-refractivity contribution is 5.89. The number of Topliss-reactive ketones (excluding diaryl/α,β-unsaturated/α-hetero) is 1. The van der Waals surface area contributed by atoms with E-state index in [9.17, 15) is 9.90 Å². The average molecular weight is 266 g/mol. The third-order valence-electron chi connectivity index (χ3n) is 4.10. The van der Waals surface area contributed by atoms with Crippen LogP contribution in [-0.4, -0.2) is 10.9 Å². The van der Waals surface area contributed by atoms with Gasteiger partial charge in [0, 0.05) is 6.42 Å². The Morgan fingerprint density at radius 3 is 2.40 bits per heavy atom. The van der Waals surface area contributed by atoms with Gasteiger partial charge in [-0.25, -0.2) is 0 Å². The summed E-state index contributed by atoms with van der Waals surface area (Å²) in [5.74, 6) is -0.0473. The van der Waals surface area contributed by atoms with E-state index >= 15 is 0 Å². The number of carbonyl (C=O) groups excluding carboxylic acids is 1. The van der Waals surface area contributed by atoms with Crippen LogP contribution in [0.3, 0.4) is 0 Å². The van der Waals surface area contributed by atoms with Gasteiger partial charge < -0.3 is 5.11 Å². The molecule has 2 nitrogen and oxygen atoms in total. The van der Waals surface area contributed by atoms with E-state index in [-0.39, 0.29) is 5.78 Å². The number of rotatable bonds is 2. The molecule has 0 amide bonds. The molecule has 2 heteroatoms. The van der Waals surface area contributed by atoms with Gasteiger partial charge in [-0.2, -0.15) is 0 Å². The maximum Gasteiger partial charge on any atom is 0.168 e. The lowest BCUT2D eigenvalue weighted by molar-refractivity contribution is -0.142. The van der Waals surface area contributed by atoms with Gasteiger partial charge in [0.15, 0.2) is 5.78 Å². The second-order valence-electron chi connectivity index (χ2n) is 5.44. The van der Waals surface area contributed by atoms with Crippen LogP contribution in [-0.2, 0) is 10.4 Å². The molecule has 3 rings (SSSR count). The lowest BCUT2D eigenvalue weighted by Crippen LogP contribution is -2.38. The molecule has 2 aromatic carbocycles. The first kappa shape index (κ1) is 13.1. The molecule has 1 fully saturated rings. The standard InChI is InChI=1S/C18H18O2/c19-17-11-4-5-12-18(17,20)16-10-6-9-15(13-16)14-7-2-1-3-8-14/h1-3,6-10,13,20H,4-5,11-12H2/t18-/m0/s1. The summed E-state index contributed by atoms with van der Waals surface area (Å²) in [7, 11) is 0. The summed E-state index contributed by atoms with van der Waals surface area (Å²) >= 11 is 0. The summed E-state index contributed by atoms with van der Waals surface area (Å²) in [6.07, 6.45) is 2.80. The molecule has 20 heavy (non-hydrogen) atoms. The van der Waals surface area contributed by atoms with E-state index in [0.717, 1.165) is 29.5 Å². The molecule has 0 radical (unpaired) electrons. The normalized spacial score (nSPS) is 22.8. The van der Waals surface area contributed by atoms with Crippen molar-refractivity contribution in [2.24, 2.45) is 0 Å². The van der Waals surface area contributed by atoms with Crippen molar-refractivity contribution in [1.29, 1.82) is 0 Å². The molecule has 0 heterocycles. The largest absolute Gasteiger partial charge is 0.377 e. The van der Waals surface area contributed by atoms with Crippen LogP contribution in [0.1, 0.15) is 31.2 Å². The first-order chi connectivity index (χ1) is 9.70. The molecule has 0 aliphatic heterocycles. The van der Waals surface area contributed by atoms with Crippen LogP contribution in [0.15, 0.2) is 54.6 Å². The summed E-state index contributed by atoms with van der Waals surface area (Å²) in [6.45, 7) is 0. The van der Waals surface area contributed by atoms with Gasteiger partial charge in [-0.15, -0.1) is 0 Å². The molecule has 1 N–H and O–H groups in total. The van der Waals surface area contributed by atoms with Gasteiger partial charge in [-0.05, 0) is 42.0 Å². The molecule has 1 atom stereocenters. The van der Waals surface area contributed by atoms with Crippen molar-refractivity contribution < 1.29 is 9.90 Å². The molecule has 0 saturated heterocycles. The number of hydrogen-bond donors (Lipinski definition) is 1. The Morgan fingerprint density at radius 2 is 1.65 bits per heavy atom. The SMILES string of the molecule is O=C1CCCC[C@]1(O)c1cccc(-c2ccccc2)c1. The van der Waals surface area contributed by atoms with Crippen LogP contribution in [0.25, 0.3) is 11.1 Å². The van der Waals surface area contributed by atoms with E-state index in [4.69, 9.17) is 0 Å². The van der Waals surface area contributed by atoms with Crippen LogP contribution in [0.4, 0.5) is 0 Å². The highest BCUT2D eigenvalue weighted by Gasteiger charge is 2.39. The third-order valence-corrected chi connectivity index (χ3v) is 4.10. The predicted molar refractivity (Wildman–Crippen MR) is 79.2 cm³/mol. The number of aliphatic hydroxyl groups is 1. The van der Waals surface area contributed by atoms with Crippen LogP contribution in [0.2, 0.25) is 0 Å². The van der Waals surface area contributed by atoms with E-state index in [1.54, 1.807) is 0 Å². The Hall–Kier alpha value is -1.93. The summed E-state index contributed by atoms with van der Waals surface area (Å²) in [4.78, 5) is 12.1. The number of ketones is 1. The maximum absolute atomic E-state index is 12.1. The fourth-order valence-electron chi connectivity index (χ4n) is 2.90. The lowest BCUT2D eigenvalue weighted by atomic mass is 9.78. The Bertz CT molecular complexity index is 618. The van der Waals surface area contributed by atoms with Gasteiger partial charge in [0.05, 0.1) is 0 Å². The van der Waals surface area contributed by atoms with Gasteiger partial charge in [0.1, 0.15) is 5.60 Å². The molecule has 1 aliphatic carbocycles. The highest BCUT2D eigenvalue weighted by Crippen LogP contribution is 2.35. The molecule has 0 aromatic heterocycles. The first-order valence-corrected chi connectivity index (χ1v) is 7.12. The number of benzene rings is 2. The smallest absolute Gasteiger partial charge is 0.168 e. The van der Waals surface area contributed by atoms with Crippen molar-refractivity contribution in [2.75, 3.05) is 0 Å². The Labute approximate surface area is 119 Å². The number of carbonyl (C=O) groups is 1. The predicted octanol–water partition coefficient (Wildman–Crippen LogP) is 3.68. The van der Waals surface area contributed by atoms with E-state index in [0.29, 0.717) is 12.8 Å². The molecule has 2 aromatic rings. The molecule has 1 saturated carbocycles. The van der Waals surface area contributed by atoms with Gasteiger partial charge in [-0.3, -0.25) is 4.79 Å². The minimum Gasteiger partial charge on any atom is -0.377 e. The third kappa shape index (κ3) is 2.27. The van der Waals surface area contributed by atoms with Crippen LogP contribution < -0.4 is 0 Å². The fraction of sp³-hybridized carbons (Fsp3) is 0.278. The van der Waals surface area contributed by atoms with Gasteiger partial charge >= 0.3 is 0 Å². The fourth-order valence-corrected chi connectivity index (χ4v) is 2.90. The first-order valence-electron chi connectivity index (χ1n) is 7.12. The van der Waals surface area contributed by atoms with Gasteiger partial charge in [-0.1, -0.05) is 48.5 Å². The average Bonchev–Trinajstić information content (AvgIpc) is 2.51. The van der Waals surface area contributed by atoms with E-state index in [1.807, 2.05) is 54.6 Å². The quantitative estimate of drug-likeness (QED) is 0.900. The van der Waals surface area contributed by atoms with Gasteiger partial charge in [0.25, 0.3) is 0 Å². The lowest BCUT2D eigenvalue weighted by Gasteiger charge is -2.31. The zero-order chi connectivity index (χ0) is 14.0. The van der Waals surface area contributed by atoms with Crippen LogP contribution in [0, 0.1) is 0 Å². The highest BCUT2D eigenvalue weighted by atomic mass is 16.3. The van der Waals surface area contributed by atoms with Crippen molar-refractivity contribution in [1.82, 2.24) is 0 Å². The molecule has 0 unspecified atom stereocenters. The molecule has 0 spiro atoms. The second-order valence-corrected chi connectivity index (χ2v) is 5.44.